The van der Waals surface area contributed by atoms with Gasteiger partial charge in [-0.1, -0.05) is 0 Å². The molecule has 0 aliphatic rings. The van der Waals surface area contributed by atoms with Gasteiger partial charge in [0.25, 0.3) is 0 Å². The fraction of sp³-hybridized carbons (Fsp3) is 1.00. The molecule has 5 heavy (non-hydrogen) atoms. The van der Waals surface area contributed by atoms with Crippen LogP contribution in [0.25, 0.3) is 0 Å². The first-order chi connectivity index (χ1) is 2.41. The van der Waals surface area contributed by atoms with Crippen molar-refractivity contribution in [3.05, 3.63) is 0 Å². The van der Waals surface area contributed by atoms with E-state index < -0.39 is 0 Å². The summed E-state index contributed by atoms with van der Waals surface area (Å²) in [6, 6.07) is 0. The number of rotatable bonds is 2. The van der Waals surface area contributed by atoms with E-state index in [1.165, 1.54) is 37.1 Å². The third-order valence-electron chi connectivity index (χ3n) is 0.408. The van der Waals surface area contributed by atoms with Crippen LogP contribution in [0.2, 0.25) is 5.32 Å². The minimum absolute atomic E-state index is 1.06. The molecule has 0 saturated carbocycles. The van der Waals surface area contributed by atoms with Crippen LogP contribution >= 0.6 is 0 Å². The molecule has 0 aromatic carbocycles. The molecule has 0 spiro atoms. The van der Waals surface area contributed by atoms with Crippen LogP contribution < -0.4 is 0 Å². The first-order valence-corrected chi connectivity index (χ1v) is 9.07. The van der Waals surface area contributed by atoms with Gasteiger partial charge in [-0.3, -0.25) is 0 Å². The molecule has 0 atom stereocenters. The summed E-state index contributed by atoms with van der Waals surface area (Å²) in [5, 5.41) is 1.51. The van der Waals surface area contributed by atoms with Crippen LogP contribution in [0.15, 0.2) is 0 Å². The van der Waals surface area contributed by atoms with E-state index in [2.05, 4.69) is 6.92 Å². The van der Waals surface area contributed by atoms with Crippen molar-refractivity contribution in [3.63, 3.8) is 0 Å². The van der Waals surface area contributed by atoms with Gasteiger partial charge in [-0.25, -0.2) is 0 Å². The molecule has 0 N–H and O–H groups in total. The van der Waals surface area contributed by atoms with Gasteiger partial charge in [0.2, 0.25) is 0 Å². The molecule has 0 rings (SSSR count). The van der Waals surface area contributed by atoms with Crippen molar-refractivity contribution in [2.75, 3.05) is 0 Å². The van der Waals surface area contributed by atoms with E-state index in [9.17, 15) is 0 Å². The van der Waals surface area contributed by atoms with Crippen molar-refractivity contribution in [3.8, 4) is 0 Å². The maximum atomic E-state index is 2.25. The first kappa shape index (κ1) is 6.52. The standard InChI is InChI=1S/C3H8Se.Na/c1-2-3-4;/h4H,2-3H2,1H3;/q;+1/p-1. The summed E-state index contributed by atoms with van der Waals surface area (Å²) >= 11 is 1.46. The average Bonchev–Trinajstić information content (AvgIpc) is 1.41. The van der Waals surface area contributed by atoms with Crippen LogP contribution in [0.4, 0.5) is 0 Å². The Morgan fingerprint density at radius 2 is 2.40 bits per heavy atom. The Bertz CT molecular complexity index is 14.4. The van der Waals surface area contributed by atoms with E-state index in [1.54, 1.807) is 0 Å². The molecule has 2 heteroatoms. The summed E-state index contributed by atoms with van der Waals surface area (Å²) in [5.41, 5.74) is 0. The van der Waals surface area contributed by atoms with Crippen molar-refractivity contribution in [2.24, 2.45) is 0 Å². The second kappa shape index (κ2) is 5.52. The zero-order chi connectivity index (χ0) is 4.12. The summed E-state index contributed by atoms with van der Waals surface area (Å²) in [7, 11) is 1.06. The molecule has 0 bridgehead atoms. The Balaban J connectivity index is 2.19. The Kier molecular flexibility index (Phi) is 7.20. The Morgan fingerprint density at radius 3 is 2.40 bits per heavy atom. The average molecular weight is 145 g/mol. The van der Waals surface area contributed by atoms with Crippen LogP contribution in [0.5, 0.6) is 0 Å². The predicted molar refractivity (Wildman–Crippen MR) is 26.6 cm³/mol. The summed E-state index contributed by atoms with van der Waals surface area (Å²) in [5.74, 6) is 0. The molecule has 0 unspecified atom stereocenters. The molecule has 0 aliphatic heterocycles. The monoisotopic (exact) mass is 146 g/mol. The molecule has 0 heterocycles. The van der Waals surface area contributed by atoms with E-state index in [1.807, 2.05) is 0 Å². The molecule has 0 nitrogen and oxygen atoms in total. The molecule has 0 aromatic rings. The summed E-state index contributed by atoms with van der Waals surface area (Å²) in [6.45, 7) is 2.25. The van der Waals surface area contributed by atoms with Gasteiger partial charge in [0.1, 0.15) is 0 Å². The van der Waals surface area contributed by atoms with E-state index in [0.29, 0.717) is 0 Å². The Hall–Kier alpha value is 1.52. The zero-order valence-electron chi connectivity index (χ0n) is 3.82. The third-order valence-corrected chi connectivity index (χ3v) is 4.24. The van der Waals surface area contributed by atoms with E-state index >= 15 is 0 Å². The second-order valence-corrected chi connectivity index (χ2v) is 6.06. The minimum atomic E-state index is 1.06. The predicted octanol–water partition coefficient (Wildman–Crippen LogP) is 0.602. The molecule has 0 saturated heterocycles. The van der Waals surface area contributed by atoms with Gasteiger partial charge in [0, 0.05) is 0 Å². The van der Waals surface area contributed by atoms with Gasteiger partial charge in [-0.2, -0.15) is 0 Å². The third kappa shape index (κ3) is 5.52. The molecular formula is C3H7NaSe. The maximum absolute atomic E-state index is 2.25. The van der Waals surface area contributed by atoms with Gasteiger partial charge < -0.3 is 0 Å². The molecule has 0 fully saturated rings. The summed E-state index contributed by atoms with van der Waals surface area (Å²) < 4.78 is 0. The topological polar surface area (TPSA) is 0 Å². The van der Waals surface area contributed by atoms with Gasteiger partial charge >= 0.3 is 54.6 Å². The van der Waals surface area contributed by atoms with Gasteiger partial charge in [0.05, 0.1) is 0 Å². The molecule has 26 valence electrons. The van der Waals surface area contributed by atoms with Crippen LogP contribution in [0.3, 0.4) is 0 Å². The van der Waals surface area contributed by atoms with Crippen molar-refractivity contribution in [2.45, 2.75) is 18.7 Å². The van der Waals surface area contributed by atoms with Crippen LogP contribution in [0, 0.1) is 0 Å². The molecule has 0 aromatic heterocycles. The quantitative estimate of drug-likeness (QED) is 0.499. The van der Waals surface area contributed by atoms with E-state index in [0.717, 1.165) is 10.5 Å². The fourth-order valence-electron chi connectivity index (χ4n) is 0.204. The molecule has 0 amide bonds. The van der Waals surface area contributed by atoms with Crippen molar-refractivity contribution in [1.82, 2.24) is 0 Å². The van der Waals surface area contributed by atoms with Crippen LogP contribution in [-0.2, 0) is 0 Å². The molecule has 0 aliphatic carbocycles. The van der Waals surface area contributed by atoms with Gasteiger partial charge in [0.15, 0.2) is 0 Å². The van der Waals surface area contributed by atoms with Crippen LogP contribution in [-0.4, -0.2) is 35.9 Å². The summed E-state index contributed by atoms with van der Waals surface area (Å²) in [6.07, 6.45) is 1.41. The molecule has 0 radical (unpaired) electrons. The Morgan fingerprint density at radius 1 is 1.80 bits per heavy atom. The van der Waals surface area contributed by atoms with E-state index in [-0.39, 0.29) is 0 Å². The van der Waals surface area contributed by atoms with Crippen molar-refractivity contribution >= 4 is 35.9 Å². The normalized spacial score (nSPS) is 8.60. The Labute approximate surface area is 54.1 Å². The zero-order valence-corrected chi connectivity index (χ0v) is 7.54. The van der Waals surface area contributed by atoms with Gasteiger partial charge in [-0.15, -0.1) is 0 Å². The van der Waals surface area contributed by atoms with Gasteiger partial charge in [-0.05, 0) is 0 Å². The second-order valence-electron chi connectivity index (χ2n) is 0.993. The summed E-state index contributed by atoms with van der Waals surface area (Å²) in [4.78, 5) is 0. The van der Waals surface area contributed by atoms with Crippen molar-refractivity contribution < 1.29 is 0 Å². The van der Waals surface area contributed by atoms with Crippen molar-refractivity contribution in [1.29, 1.82) is 0 Å². The fourth-order valence-corrected chi connectivity index (χ4v) is 3.18. The van der Waals surface area contributed by atoms with Crippen LogP contribution in [0.1, 0.15) is 13.3 Å². The molecular weight excluding hydrogens is 138 g/mol. The van der Waals surface area contributed by atoms with E-state index in [4.69, 9.17) is 0 Å². The SMILES string of the molecule is CCC[Se][Na]. The first-order valence-electron chi connectivity index (χ1n) is 1.90. The number of hydrogen-bond acceptors (Lipinski definition) is 0. The number of hydrogen-bond donors (Lipinski definition) is 0.